The van der Waals surface area contributed by atoms with E-state index in [1.165, 1.54) is 22.9 Å². The molecule has 1 N–H and O–H groups in total. The van der Waals surface area contributed by atoms with E-state index in [0.29, 0.717) is 0 Å². The first-order chi connectivity index (χ1) is 10.6. The Morgan fingerprint density at radius 3 is 2.65 bits per heavy atom. The van der Waals surface area contributed by atoms with Gasteiger partial charge in [0.15, 0.2) is 0 Å². The lowest BCUT2D eigenvalue weighted by molar-refractivity contribution is -0.0429. The van der Waals surface area contributed by atoms with Crippen molar-refractivity contribution in [2.24, 2.45) is 5.16 Å². The second-order valence-electron chi connectivity index (χ2n) is 4.22. The molecule has 0 aliphatic heterocycles. The molecule has 10 heteroatoms. The van der Waals surface area contributed by atoms with Crippen LogP contribution in [-0.4, -0.2) is 26.2 Å². The number of hydrogen-bond acceptors (Lipinski definition) is 4. The minimum absolute atomic E-state index is 0.0909. The van der Waals surface area contributed by atoms with Crippen LogP contribution < -0.4 is 4.72 Å². The Bertz CT molecular complexity index is 703. The topological polar surface area (TPSA) is 67.8 Å². The molecule has 0 heterocycles. The second kappa shape index (κ2) is 7.69. The standard InChI is InChI=1S/C13H14ClF3N2O3S/c1-3-7-22-18-11(4-2)10-8-9(14)5-6-12(10)19-23(20,21)13(15,16)17/h3,5-6,8,19H,1,4,7H2,2H3. The highest BCUT2D eigenvalue weighted by Gasteiger charge is 2.46. The molecule has 1 aromatic carbocycles. The van der Waals surface area contributed by atoms with Gasteiger partial charge in [0, 0.05) is 10.6 Å². The summed E-state index contributed by atoms with van der Waals surface area (Å²) in [7, 11) is -5.56. The zero-order valence-corrected chi connectivity index (χ0v) is 13.6. The maximum Gasteiger partial charge on any atom is 0.516 e. The fourth-order valence-electron chi connectivity index (χ4n) is 1.52. The molecule has 0 aliphatic carbocycles. The Balaban J connectivity index is 3.30. The highest BCUT2D eigenvalue weighted by molar-refractivity contribution is 7.93. The van der Waals surface area contributed by atoms with Crippen molar-refractivity contribution in [2.75, 3.05) is 11.3 Å². The molecule has 1 rings (SSSR count). The van der Waals surface area contributed by atoms with Crippen molar-refractivity contribution >= 4 is 33.0 Å². The normalized spacial score (nSPS) is 12.8. The van der Waals surface area contributed by atoms with Crippen LogP contribution in [0.1, 0.15) is 18.9 Å². The van der Waals surface area contributed by atoms with Gasteiger partial charge in [-0.3, -0.25) is 4.72 Å². The van der Waals surface area contributed by atoms with Gasteiger partial charge < -0.3 is 4.84 Å². The van der Waals surface area contributed by atoms with E-state index in [1.807, 2.05) is 0 Å². The molecule has 0 saturated heterocycles. The van der Waals surface area contributed by atoms with Crippen molar-refractivity contribution in [2.45, 2.75) is 18.9 Å². The van der Waals surface area contributed by atoms with Crippen molar-refractivity contribution in [1.82, 2.24) is 0 Å². The molecule has 0 radical (unpaired) electrons. The molecule has 0 saturated carbocycles. The fourth-order valence-corrected chi connectivity index (χ4v) is 2.27. The summed E-state index contributed by atoms with van der Waals surface area (Å²) in [4.78, 5) is 4.91. The van der Waals surface area contributed by atoms with Crippen LogP contribution in [0.3, 0.4) is 0 Å². The van der Waals surface area contributed by atoms with Gasteiger partial charge in [0.25, 0.3) is 0 Å². The summed E-state index contributed by atoms with van der Waals surface area (Å²) >= 11 is 5.83. The van der Waals surface area contributed by atoms with Gasteiger partial charge in [-0.25, -0.2) is 0 Å². The number of oxime groups is 1. The number of sulfonamides is 1. The lowest BCUT2D eigenvalue weighted by Gasteiger charge is -2.15. The summed E-state index contributed by atoms with van der Waals surface area (Å²) in [5, 5.41) is 3.98. The van der Waals surface area contributed by atoms with Crippen LogP contribution in [0.5, 0.6) is 0 Å². The molecule has 0 aliphatic rings. The molecular formula is C13H14ClF3N2O3S. The predicted octanol–water partition coefficient (Wildman–Crippen LogP) is 3.92. The molecule has 128 valence electrons. The van der Waals surface area contributed by atoms with E-state index < -0.39 is 15.5 Å². The summed E-state index contributed by atoms with van der Waals surface area (Å²) in [5.74, 6) is 0. The Hall–Kier alpha value is -1.74. The number of halogens is 4. The van der Waals surface area contributed by atoms with E-state index in [1.54, 1.807) is 6.92 Å². The van der Waals surface area contributed by atoms with E-state index in [0.717, 1.165) is 6.07 Å². The lowest BCUT2D eigenvalue weighted by Crippen LogP contribution is -2.30. The summed E-state index contributed by atoms with van der Waals surface area (Å²) in [6.07, 6.45) is 1.71. The highest BCUT2D eigenvalue weighted by atomic mass is 35.5. The van der Waals surface area contributed by atoms with E-state index in [9.17, 15) is 21.6 Å². The third kappa shape index (κ3) is 5.14. The first kappa shape index (κ1) is 19.3. The summed E-state index contributed by atoms with van der Waals surface area (Å²) < 4.78 is 61.6. The number of rotatable bonds is 7. The van der Waals surface area contributed by atoms with Gasteiger partial charge in [-0.2, -0.15) is 21.6 Å². The Labute approximate surface area is 136 Å². The smallest absolute Gasteiger partial charge is 0.391 e. The van der Waals surface area contributed by atoms with Crippen LogP contribution in [0, 0.1) is 0 Å². The van der Waals surface area contributed by atoms with Crippen molar-refractivity contribution in [3.8, 4) is 0 Å². The average molecular weight is 371 g/mol. The maximum atomic E-state index is 12.5. The summed E-state index contributed by atoms with van der Waals surface area (Å²) in [6, 6.07) is 3.69. The largest absolute Gasteiger partial charge is 0.516 e. The number of nitrogens with zero attached hydrogens (tertiary/aromatic N) is 1. The van der Waals surface area contributed by atoms with Crippen molar-refractivity contribution < 1.29 is 26.4 Å². The van der Waals surface area contributed by atoms with Crippen LogP contribution in [0.4, 0.5) is 18.9 Å². The van der Waals surface area contributed by atoms with Gasteiger partial charge in [-0.15, -0.1) is 0 Å². The number of nitrogens with one attached hydrogen (secondary N) is 1. The number of alkyl halides is 3. The molecule has 1 aromatic rings. The second-order valence-corrected chi connectivity index (χ2v) is 6.33. The van der Waals surface area contributed by atoms with Crippen LogP contribution in [-0.2, 0) is 14.9 Å². The molecule has 0 bridgehead atoms. The van der Waals surface area contributed by atoms with Crippen molar-refractivity contribution in [3.05, 3.63) is 41.4 Å². The molecule has 0 fully saturated rings. The van der Waals surface area contributed by atoms with Gasteiger partial charge in [-0.1, -0.05) is 36.3 Å². The van der Waals surface area contributed by atoms with E-state index in [4.69, 9.17) is 16.4 Å². The van der Waals surface area contributed by atoms with E-state index in [2.05, 4.69) is 11.7 Å². The van der Waals surface area contributed by atoms with Gasteiger partial charge in [0.2, 0.25) is 0 Å². The van der Waals surface area contributed by atoms with Crippen molar-refractivity contribution in [1.29, 1.82) is 0 Å². The molecule has 0 aromatic heterocycles. The molecule has 0 amide bonds. The molecule has 0 unspecified atom stereocenters. The Morgan fingerprint density at radius 1 is 1.48 bits per heavy atom. The lowest BCUT2D eigenvalue weighted by atomic mass is 10.1. The average Bonchev–Trinajstić information content (AvgIpc) is 2.44. The minimum Gasteiger partial charge on any atom is -0.391 e. The monoisotopic (exact) mass is 370 g/mol. The van der Waals surface area contributed by atoms with Gasteiger partial charge in [0.1, 0.15) is 6.61 Å². The predicted molar refractivity (Wildman–Crippen MR) is 83.0 cm³/mol. The number of anilines is 1. The Morgan fingerprint density at radius 2 is 2.13 bits per heavy atom. The summed E-state index contributed by atoms with van der Waals surface area (Å²) in [5.41, 5.74) is -5.41. The summed E-state index contributed by atoms with van der Waals surface area (Å²) in [6.45, 7) is 5.20. The van der Waals surface area contributed by atoms with Crippen LogP contribution in [0.25, 0.3) is 0 Å². The van der Waals surface area contributed by atoms with Crippen LogP contribution in [0.15, 0.2) is 36.0 Å². The van der Waals surface area contributed by atoms with Gasteiger partial charge >= 0.3 is 15.5 Å². The van der Waals surface area contributed by atoms with E-state index in [-0.39, 0.29) is 35.0 Å². The van der Waals surface area contributed by atoms with Crippen LogP contribution in [0.2, 0.25) is 5.02 Å². The highest BCUT2D eigenvalue weighted by Crippen LogP contribution is 2.29. The molecular weight excluding hydrogens is 357 g/mol. The van der Waals surface area contributed by atoms with Gasteiger partial charge in [-0.05, 0) is 24.6 Å². The first-order valence-corrected chi connectivity index (χ1v) is 8.17. The number of benzene rings is 1. The third-order valence-electron chi connectivity index (χ3n) is 2.54. The maximum absolute atomic E-state index is 12.5. The molecule has 5 nitrogen and oxygen atoms in total. The third-order valence-corrected chi connectivity index (χ3v) is 3.88. The van der Waals surface area contributed by atoms with Crippen molar-refractivity contribution in [3.63, 3.8) is 0 Å². The quantitative estimate of drug-likeness (QED) is 0.342. The van der Waals surface area contributed by atoms with Gasteiger partial charge in [0.05, 0.1) is 11.4 Å². The Kier molecular flexibility index (Phi) is 6.46. The molecule has 0 spiro atoms. The van der Waals surface area contributed by atoms with E-state index >= 15 is 0 Å². The zero-order chi connectivity index (χ0) is 17.7. The fraction of sp³-hybridized carbons (Fsp3) is 0.308. The minimum atomic E-state index is -5.56. The SMILES string of the molecule is C=CCON=C(CC)c1cc(Cl)ccc1NS(=O)(=O)C(F)(F)F. The first-order valence-electron chi connectivity index (χ1n) is 6.31. The molecule has 23 heavy (non-hydrogen) atoms. The molecule has 0 atom stereocenters. The zero-order valence-electron chi connectivity index (χ0n) is 12.0. The van der Waals surface area contributed by atoms with Crippen LogP contribution >= 0.6 is 11.6 Å². The number of hydrogen-bond donors (Lipinski definition) is 1.